The van der Waals surface area contributed by atoms with Gasteiger partial charge in [-0.15, -0.1) is 0 Å². The van der Waals surface area contributed by atoms with Crippen LogP contribution in [0.3, 0.4) is 0 Å². The fourth-order valence-corrected chi connectivity index (χ4v) is 2.07. The molecule has 0 radical (unpaired) electrons. The van der Waals surface area contributed by atoms with Crippen molar-refractivity contribution in [1.82, 2.24) is 10.6 Å². The molecule has 1 saturated carbocycles. The molecule has 1 aliphatic carbocycles. The summed E-state index contributed by atoms with van der Waals surface area (Å²) in [6, 6.07) is -0.479. The lowest BCUT2D eigenvalue weighted by atomic mass is 10.0. The van der Waals surface area contributed by atoms with Gasteiger partial charge in [-0.1, -0.05) is 13.8 Å². The van der Waals surface area contributed by atoms with E-state index in [2.05, 4.69) is 10.6 Å². The number of nitrogens with one attached hydrogen (secondary N) is 2. The molecule has 5 nitrogen and oxygen atoms in total. The van der Waals surface area contributed by atoms with Crippen molar-refractivity contribution in [3.05, 3.63) is 0 Å². The Hall–Kier alpha value is -1.10. The van der Waals surface area contributed by atoms with Gasteiger partial charge in [0.05, 0.1) is 0 Å². The third-order valence-electron chi connectivity index (χ3n) is 3.54. The topological polar surface area (TPSA) is 78.4 Å². The minimum absolute atomic E-state index is 0.0573. The molecular weight excluding hydrogens is 232 g/mol. The van der Waals surface area contributed by atoms with Gasteiger partial charge in [0, 0.05) is 20.1 Å². The first-order chi connectivity index (χ1) is 8.40. The molecule has 0 aromatic rings. The summed E-state index contributed by atoms with van der Waals surface area (Å²) in [7, 11) is 0. The molecule has 0 aromatic heterocycles. The first-order valence-electron chi connectivity index (χ1n) is 6.56. The Morgan fingerprint density at radius 3 is 2.33 bits per heavy atom. The van der Waals surface area contributed by atoms with Crippen LogP contribution in [-0.2, 0) is 9.59 Å². The summed E-state index contributed by atoms with van der Waals surface area (Å²) in [5, 5.41) is 14.5. The average Bonchev–Trinajstić information content (AvgIpc) is 3.03. The van der Waals surface area contributed by atoms with Crippen LogP contribution in [0.1, 0.15) is 40.0 Å². The van der Waals surface area contributed by atoms with Crippen LogP contribution >= 0.6 is 0 Å². The van der Waals surface area contributed by atoms with E-state index in [1.165, 1.54) is 6.92 Å². The van der Waals surface area contributed by atoms with E-state index >= 15 is 0 Å². The fraction of sp³-hybridized carbons (Fsp3) is 0.846. The monoisotopic (exact) mass is 256 g/mol. The Morgan fingerprint density at radius 2 is 1.94 bits per heavy atom. The van der Waals surface area contributed by atoms with Crippen LogP contribution < -0.4 is 10.6 Å². The zero-order valence-electron chi connectivity index (χ0n) is 11.5. The Bertz CT molecular complexity index is 311. The number of hydrogen-bond donors (Lipinski definition) is 3. The molecule has 1 aliphatic rings. The lowest BCUT2D eigenvalue weighted by molar-refractivity contribution is -0.129. The minimum Gasteiger partial charge on any atom is -0.396 e. The first-order valence-corrected chi connectivity index (χ1v) is 6.56. The normalized spacial score (nSPS) is 18.3. The van der Waals surface area contributed by atoms with E-state index in [0.717, 1.165) is 19.3 Å². The Morgan fingerprint density at radius 1 is 1.33 bits per heavy atom. The second-order valence-electron chi connectivity index (χ2n) is 5.61. The van der Waals surface area contributed by atoms with Gasteiger partial charge in [0.15, 0.2) is 0 Å². The van der Waals surface area contributed by atoms with Crippen molar-refractivity contribution in [2.75, 3.05) is 13.2 Å². The maximum atomic E-state index is 12.0. The molecule has 0 saturated heterocycles. The number of carbonyl (C=O) groups is 2. The van der Waals surface area contributed by atoms with Gasteiger partial charge in [0.2, 0.25) is 11.8 Å². The molecular formula is C13H24N2O3. The highest BCUT2D eigenvalue weighted by Crippen LogP contribution is 2.47. The third-order valence-corrected chi connectivity index (χ3v) is 3.54. The lowest BCUT2D eigenvalue weighted by Crippen LogP contribution is -2.50. The van der Waals surface area contributed by atoms with Crippen molar-refractivity contribution < 1.29 is 14.7 Å². The van der Waals surface area contributed by atoms with Crippen molar-refractivity contribution in [3.63, 3.8) is 0 Å². The van der Waals surface area contributed by atoms with Gasteiger partial charge in [-0.25, -0.2) is 0 Å². The van der Waals surface area contributed by atoms with Crippen molar-refractivity contribution in [2.45, 2.75) is 46.1 Å². The molecule has 1 atom stereocenters. The summed E-state index contributed by atoms with van der Waals surface area (Å²) in [6.45, 7) is 5.97. The molecule has 0 bridgehead atoms. The van der Waals surface area contributed by atoms with E-state index in [9.17, 15) is 9.59 Å². The summed E-state index contributed by atoms with van der Waals surface area (Å²) >= 11 is 0. The highest BCUT2D eigenvalue weighted by molar-refractivity contribution is 5.87. The highest BCUT2D eigenvalue weighted by atomic mass is 16.3. The maximum Gasteiger partial charge on any atom is 0.242 e. The van der Waals surface area contributed by atoms with Crippen LogP contribution in [0.2, 0.25) is 0 Å². The van der Waals surface area contributed by atoms with Gasteiger partial charge in [-0.05, 0) is 30.6 Å². The molecule has 18 heavy (non-hydrogen) atoms. The molecule has 0 heterocycles. The molecule has 0 spiro atoms. The number of aliphatic hydroxyl groups excluding tert-OH is 1. The number of rotatable bonds is 7. The second kappa shape index (κ2) is 6.18. The summed E-state index contributed by atoms with van der Waals surface area (Å²) in [5.74, 6) is -0.272. The molecule has 0 aromatic carbocycles. The molecule has 1 rings (SSSR count). The van der Waals surface area contributed by atoms with Crippen molar-refractivity contribution in [2.24, 2.45) is 11.3 Å². The Labute approximate surface area is 108 Å². The van der Waals surface area contributed by atoms with Crippen molar-refractivity contribution in [3.8, 4) is 0 Å². The summed E-state index contributed by atoms with van der Waals surface area (Å²) in [5.41, 5.74) is 0.0994. The van der Waals surface area contributed by atoms with Crippen LogP contribution in [0.15, 0.2) is 0 Å². The van der Waals surface area contributed by atoms with Crippen LogP contribution in [-0.4, -0.2) is 36.1 Å². The van der Waals surface area contributed by atoms with Crippen molar-refractivity contribution in [1.29, 1.82) is 0 Å². The number of hydrogen-bond acceptors (Lipinski definition) is 3. The van der Waals surface area contributed by atoms with Gasteiger partial charge in [-0.2, -0.15) is 0 Å². The predicted molar refractivity (Wildman–Crippen MR) is 68.8 cm³/mol. The zero-order valence-corrected chi connectivity index (χ0v) is 11.5. The molecule has 104 valence electrons. The van der Waals surface area contributed by atoms with Crippen molar-refractivity contribution >= 4 is 11.8 Å². The van der Waals surface area contributed by atoms with E-state index in [-0.39, 0.29) is 29.8 Å². The number of carbonyl (C=O) groups excluding carboxylic acids is 2. The van der Waals surface area contributed by atoms with E-state index in [1.54, 1.807) is 0 Å². The average molecular weight is 256 g/mol. The van der Waals surface area contributed by atoms with Crippen LogP contribution in [0.4, 0.5) is 0 Å². The van der Waals surface area contributed by atoms with Crippen LogP contribution in [0.5, 0.6) is 0 Å². The molecule has 0 aliphatic heterocycles. The Balaban J connectivity index is 2.44. The maximum absolute atomic E-state index is 12.0. The Kier molecular flexibility index (Phi) is 5.14. The summed E-state index contributed by atoms with van der Waals surface area (Å²) in [4.78, 5) is 23.1. The van der Waals surface area contributed by atoms with E-state index in [1.807, 2.05) is 13.8 Å². The standard InChI is InChI=1S/C13H24N2O3/c1-9(2)11(15-10(3)17)12(18)14-8-13(4-5-13)6-7-16/h9,11,16H,4-8H2,1-3H3,(H,14,18)(H,15,17). The van der Waals surface area contributed by atoms with E-state index in [0.29, 0.717) is 6.54 Å². The molecule has 2 amide bonds. The number of aliphatic hydroxyl groups is 1. The molecule has 5 heteroatoms. The summed E-state index contributed by atoms with van der Waals surface area (Å²) < 4.78 is 0. The second-order valence-corrected chi connectivity index (χ2v) is 5.61. The van der Waals surface area contributed by atoms with Gasteiger partial charge in [0.1, 0.15) is 6.04 Å². The third kappa shape index (κ3) is 4.29. The smallest absolute Gasteiger partial charge is 0.242 e. The van der Waals surface area contributed by atoms with Crippen LogP contribution in [0, 0.1) is 11.3 Å². The predicted octanol–water partition coefficient (Wildman–Crippen LogP) is 0.426. The van der Waals surface area contributed by atoms with Gasteiger partial charge >= 0.3 is 0 Å². The fourth-order valence-electron chi connectivity index (χ4n) is 2.07. The first kappa shape index (κ1) is 15.0. The van der Waals surface area contributed by atoms with Crippen LogP contribution in [0.25, 0.3) is 0 Å². The molecule has 3 N–H and O–H groups in total. The largest absolute Gasteiger partial charge is 0.396 e. The van der Waals surface area contributed by atoms with Gasteiger partial charge in [0.25, 0.3) is 0 Å². The van der Waals surface area contributed by atoms with Gasteiger partial charge < -0.3 is 15.7 Å². The van der Waals surface area contributed by atoms with E-state index in [4.69, 9.17) is 5.11 Å². The van der Waals surface area contributed by atoms with E-state index < -0.39 is 6.04 Å². The SMILES string of the molecule is CC(=O)NC(C(=O)NCC1(CCO)CC1)C(C)C. The lowest BCUT2D eigenvalue weighted by Gasteiger charge is -2.22. The zero-order chi connectivity index (χ0) is 13.8. The van der Waals surface area contributed by atoms with Gasteiger partial charge in [-0.3, -0.25) is 9.59 Å². The minimum atomic E-state index is -0.479. The summed E-state index contributed by atoms with van der Waals surface area (Å²) in [6.07, 6.45) is 2.85. The molecule has 1 fully saturated rings. The molecule has 1 unspecified atom stereocenters. The number of amides is 2. The quantitative estimate of drug-likeness (QED) is 0.618. The highest BCUT2D eigenvalue weighted by Gasteiger charge is 2.42.